The Labute approximate surface area is 157 Å². The highest BCUT2D eigenvalue weighted by Gasteiger charge is 2.45. The maximum Gasteiger partial charge on any atom is 0.343 e. The van der Waals surface area contributed by atoms with Crippen LogP contribution in [0.4, 0.5) is 5.69 Å². The monoisotopic (exact) mass is 386 g/mol. The number of benzene rings is 1. The molecule has 9 heteroatoms. The predicted molar refractivity (Wildman–Crippen MR) is 95.3 cm³/mol. The Morgan fingerprint density at radius 1 is 1.33 bits per heavy atom. The second-order valence-electron chi connectivity index (χ2n) is 6.07. The molecule has 1 aromatic carbocycles. The summed E-state index contributed by atoms with van der Waals surface area (Å²) in [4.78, 5) is 36.8. The molecule has 4 rings (SSSR count). The minimum absolute atomic E-state index is 0.000207. The van der Waals surface area contributed by atoms with E-state index >= 15 is 0 Å². The van der Waals surface area contributed by atoms with E-state index in [9.17, 15) is 19.7 Å². The van der Waals surface area contributed by atoms with Crippen molar-refractivity contribution in [1.29, 1.82) is 0 Å². The van der Waals surface area contributed by atoms with Gasteiger partial charge in [0.05, 0.1) is 17.9 Å². The Bertz CT molecular complexity index is 935. The maximum atomic E-state index is 12.7. The summed E-state index contributed by atoms with van der Waals surface area (Å²) in [6, 6.07) is 9.41. The SMILES string of the molecule is O=C(OCc1ccc([N+](=O)[O-])cc1)/C(=C1\CN2C(=O)CC2O1)c1cccs1. The van der Waals surface area contributed by atoms with Crippen LogP contribution in [0, 0.1) is 10.1 Å². The summed E-state index contributed by atoms with van der Waals surface area (Å²) in [5.74, 6) is -0.123. The second-order valence-corrected chi connectivity index (χ2v) is 7.02. The van der Waals surface area contributed by atoms with E-state index in [0.717, 1.165) is 0 Å². The summed E-state index contributed by atoms with van der Waals surface area (Å²) in [6.07, 6.45) is 0.0175. The second kappa shape index (κ2) is 6.84. The van der Waals surface area contributed by atoms with Crippen LogP contribution < -0.4 is 0 Å². The number of ether oxygens (including phenoxy) is 2. The highest BCUT2D eigenvalue weighted by molar-refractivity contribution is 7.11. The summed E-state index contributed by atoms with van der Waals surface area (Å²) < 4.78 is 11.1. The van der Waals surface area contributed by atoms with Crippen molar-refractivity contribution in [2.24, 2.45) is 0 Å². The molecule has 1 amide bonds. The van der Waals surface area contributed by atoms with Gasteiger partial charge in [0.2, 0.25) is 5.91 Å². The van der Waals surface area contributed by atoms with Gasteiger partial charge in [-0.2, -0.15) is 0 Å². The number of nitro groups is 1. The van der Waals surface area contributed by atoms with Crippen LogP contribution >= 0.6 is 11.3 Å². The number of hydrogen-bond donors (Lipinski definition) is 0. The first-order valence-corrected chi connectivity index (χ1v) is 9.04. The van der Waals surface area contributed by atoms with Gasteiger partial charge in [0.15, 0.2) is 6.23 Å². The van der Waals surface area contributed by atoms with E-state index in [-0.39, 0.29) is 31.0 Å². The van der Waals surface area contributed by atoms with E-state index in [4.69, 9.17) is 9.47 Å². The van der Waals surface area contributed by atoms with Crippen LogP contribution in [-0.4, -0.2) is 34.5 Å². The molecule has 8 nitrogen and oxygen atoms in total. The van der Waals surface area contributed by atoms with Gasteiger partial charge in [0, 0.05) is 17.0 Å². The third kappa shape index (κ3) is 3.28. The smallest absolute Gasteiger partial charge is 0.343 e. The highest BCUT2D eigenvalue weighted by atomic mass is 32.1. The molecule has 138 valence electrons. The van der Waals surface area contributed by atoms with Gasteiger partial charge in [-0.25, -0.2) is 4.79 Å². The number of hydrogen-bond acceptors (Lipinski definition) is 7. The molecule has 0 saturated carbocycles. The van der Waals surface area contributed by atoms with Gasteiger partial charge in [-0.3, -0.25) is 19.8 Å². The number of rotatable bonds is 5. The van der Waals surface area contributed by atoms with E-state index in [0.29, 0.717) is 28.2 Å². The summed E-state index contributed by atoms with van der Waals surface area (Å²) >= 11 is 1.38. The van der Waals surface area contributed by atoms with E-state index in [1.54, 1.807) is 23.1 Å². The molecule has 3 heterocycles. The minimum Gasteiger partial charge on any atom is -0.471 e. The first kappa shape index (κ1) is 17.2. The van der Waals surface area contributed by atoms with Crippen molar-refractivity contribution in [3.63, 3.8) is 0 Å². The molecule has 2 aliphatic rings. The average Bonchev–Trinajstić information content (AvgIpc) is 3.29. The van der Waals surface area contributed by atoms with Crippen molar-refractivity contribution in [3.05, 3.63) is 68.1 Å². The zero-order chi connectivity index (χ0) is 19.0. The van der Waals surface area contributed by atoms with Crippen LogP contribution in [0.1, 0.15) is 16.9 Å². The van der Waals surface area contributed by atoms with Gasteiger partial charge in [-0.1, -0.05) is 6.07 Å². The lowest BCUT2D eigenvalue weighted by molar-refractivity contribution is -0.384. The zero-order valence-corrected chi connectivity index (χ0v) is 14.8. The molecule has 0 radical (unpaired) electrons. The molecule has 2 fully saturated rings. The van der Waals surface area contributed by atoms with Crippen LogP contribution in [0.5, 0.6) is 0 Å². The standard InChI is InChI=1S/C18H14N2O6S/c21-15-8-16-19(15)9-13(26-16)17(14-2-1-7-27-14)18(22)25-10-11-3-5-12(6-4-11)20(23)24/h1-7,16H,8-10H2/b17-13+. The van der Waals surface area contributed by atoms with Crippen LogP contribution in [0.15, 0.2) is 47.5 Å². The number of nitro benzene ring substituents is 1. The topological polar surface area (TPSA) is 99.0 Å². The fraction of sp³-hybridized carbons (Fsp3) is 0.222. The Balaban J connectivity index is 1.52. The van der Waals surface area contributed by atoms with E-state index < -0.39 is 10.9 Å². The molecule has 0 bridgehead atoms. The molecule has 2 aromatic rings. The van der Waals surface area contributed by atoms with Gasteiger partial charge in [0.25, 0.3) is 5.69 Å². The lowest BCUT2D eigenvalue weighted by atomic mass is 10.1. The van der Waals surface area contributed by atoms with Crippen LogP contribution in [0.25, 0.3) is 5.57 Å². The summed E-state index contributed by atoms with van der Waals surface area (Å²) in [7, 11) is 0. The van der Waals surface area contributed by atoms with Crippen molar-refractivity contribution in [1.82, 2.24) is 4.90 Å². The molecule has 2 aliphatic heterocycles. The van der Waals surface area contributed by atoms with Gasteiger partial charge < -0.3 is 9.47 Å². The van der Waals surface area contributed by atoms with E-state index in [1.807, 2.05) is 11.4 Å². The molecule has 1 aromatic heterocycles. The third-order valence-corrected chi connectivity index (χ3v) is 5.26. The molecular formula is C18H14N2O6S. The van der Waals surface area contributed by atoms with Crippen molar-refractivity contribution in [3.8, 4) is 0 Å². The molecule has 0 N–H and O–H groups in total. The lowest BCUT2D eigenvalue weighted by Crippen LogP contribution is -2.48. The predicted octanol–water partition coefficient (Wildman–Crippen LogP) is 2.70. The fourth-order valence-electron chi connectivity index (χ4n) is 2.92. The first-order valence-electron chi connectivity index (χ1n) is 8.16. The maximum absolute atomic E-state index is 12.7. The first-order chi connectivity index (χ1) is 13.0. The van der Waals surface area contributed by atoms with Crippen molar-refractivity contribution < 1.29 is 24.0 Å². The summed E-state index contributed by atoms with van der Waals surface area (Å²) in [6.45, 7) is 0.231. The number of non-ortho nitro benzene ring substituents is 1. The number of amides is 1. The Morgan fingerprint density at radius 2 is 2.11 bits per heavy atom. The van der Waals surface area contributed by atoms with Gasteiger partial charge in [0.1, 0.15) is 17.9 Å². The molecule has 27 heavy (non-hydrogen) atoms. The number of carbonyl (C=O) groups is 2. The molecule has 1 unspecified atom stereocenters. The zero-order valence-electron chi connectivity index (χ0n) is 14.0. The van der Waals surface area contributed by atoms with Crippen LogP contribution in [-0.2, 0) is 25.7 Å². The highest BCUT2D eigenvalue weighted by Crippen LogP contribution is 2.36. The molecule has 1 atom stereocenters. The number of nitrogens with zero attached hydrogens (tertiary/aromatic N) is 2. The van der Waals surface area contributed by atoms with Crippen molar-refractivity contribution >= 4 is 34.5 Å². The molecule has 2 saturated heterocycles. The average molecular weight is 386 g/mol. The Kier molecular flexibility index (Phi) is 4.36. The summed E-state index contributed by atoms with van der Waals surface area (Å²) in [5.41, 5.74) is 0.921. The third-order valence-electron chi connectivity index (χ3n) is 4.38. The lowest BCUT2D eigenvalue weighted by Gasteiger charge is -2.30. The van der Waals surface area contributed by atoms with Gasteiger partial charge >= 0.3 is 5.97 Å². The van der Waals surface area contributed by atoms with Crippen LogP contribution in [0.2, 0.25) is 0 Å². The summed E-state index contributed by atoms with van der Waals surface area (Å²) in [5, 5.41) is 12.5. The van der Waals surface area contributed by atoms with Crippen molar-refractivity contribution in [2.75, 3.05) is 6.54 Å². The number of carbonyl (C=O) groups excluding carboxylic acids is 2. The number of β-lactam (4-membered cyclic amide) rings is 1. The molecular weight excluding hydrogens is 372 g/mol. The van der Waals surface area contributed by atoms with Crippen LogP contribution in [0.3, 0.4) is 0 Å². The number of thiophene rings is 1. The van der Waals surface area contributed by atoms with Gasteiger partial charge in [-0.15, -0.1) is 11.3 Å². The minimum atomic E-state index is -0.555. The Hall–Kier alpha value is -3.20. The largest absolute Gasteiger partial charge is 0.471 e. The molecule has 0 spiro atoms. The van der Waals surface area contributed by atoms with Gasteiger partial charge in [-0.05, 0) is 29.1 Å². The van der Waals surface area contributed by atoms with Crippen molar-refractivity contribution in [2.45, 2.75) is 19.3 Å². The quantitative estimate of drug-likeness (QED) is 0.258. The number of fused-ring (bicyclic) bond motifs is 1. The fourth-order valence-corrected chi connectivity index (χ4v) is 3.70. The van der Waals surface area contributed by atoms with E-state index in [1.165, 1.54) is 23.5 Å². The number of esters is 1. The molecule has 0 aliphatic carbocycles. The van der Waals surface area contributed by atoms with E-state index in [2.05, 4.69) is 0 Å². The Morgan fingerprint density at radius 3 is 2.70 bits per heavy atom. The normalized spacial score (nSPS) is 19.8.